The number of fused-ring (bicyclic) bond motifs is 2. The highest BCUT2D eigenvalue weighted by Crippen LogP contribution is 2.32. The lowest BCUT2D eigenvalue weighted by atomic mass is 10.2. The standard InChI is InChI=1S/C19H19N3O3/c1-13-4-3-5-18-20-15(9-19(23)22(13)18)11-21(2)10-14-6-7-16-17(8-14)25-12-24-16/h3-9H,10-12H2,1-2H3/p+1. The van der Waals surface area contributed by atoms with Gasteiger partial charge in [-0.05, 0) is 37.3 Å². The maximum atomic E-state index is 12.4. The van der Waals surface area contributed by atoms with Crippen LogP contribution in [0.1, 0.15) is 17.0 Å². The number of aromatic nitrogens is 2. The number of aryl methyl sites for hydroxylation is 1. The molecule has 0 saturated heterocycles. The fourth-order valence-corrected chi connectivity index (χ4v) is 3.23. The van der Waals surface area contributed by atoms with Gasteiger partial charge in [0.25, 0.3) is 5.56 Å². The van der Waals surface area contributed by atoms with Gasteiger partial charge in [-0.25, -0.2) is 4.98 Å². The van der Waals surface area contributed by atoms with Crippen LogP contribution >= 0.6 is 0 Å². The van der Waals surface area contributed by atoms with Gasteiger partial charge in [-0.1, -0.05) is 6.07 Å². The van der Waals surface area contributed by atoms with Gasteiger partial charge in [0.15, 0.2) is 11.5 Å². The summed E-state index contributed by atoms with van der Waals surface area (Å²) >= 11 is 0. The smallest absolute Gasteiger partial charge is 0.258 e. The lowest BCUT2D eigenvalue weighted by Crippen LogP contribution is -3.06. The van der Waals surface area contributed by atoms with Gasteiger partial charge in [-0.15, -0.1) is 0 Å². The molecule has 1 aromatic carbocycles. The zero-order chi connectivity index (χ0) is 17.4. The molecule has 1 unspecified atom stereocenters. The summed E-state index contributed by atoms with van der Waals surface area (Å²) in [5.74, 6) is 1.59. The first-order valence-electron chi connectivity index (χ1n) is 8.28. The zero-order valence-electron chi connectivity index (χ0n) is 14.3. The Morgan fingerprint density at radius 3 is 2.84 bits per heavy atom. The Labute approximate surface area is 145 Å². The summed E-state index contributed by atoms with van der Waals surface area (Å²) in [5, 5.41) is 0. The SMILES string of the molecule is Cc1cccc2nc(C[NH+](C)Cc3ccc4c(c3)OCO4)cc(=O)n12. The van der Waals surface area contributed by atoms with E-state index in [1.807, 2.05) is 43.3 Å². The molecule has 0 aliphatic carbocycles. The molecule has 3 heterocycles. The van der Waals surface area contributed by atoms with Crippen molar-refractivity contribution < 1.29 is 14.4 Å². The molecule has 25 heavy (non-hydrogen) atoms. The van der Waals surface area contributed by atoms with Crippen LogP contribution in [0.4, 0.5) is 0 Å². The number of nitrogens with zero attached hydrogens (tertiary/aromatic N) is 2. The third-order valence-electron chi connectivity index (χ3n) is 4.36. The fraction of sp³-hybridized carbons (Fsp3) is 0.263. The zero-order valence-corrected chi connectivity index (χ0v) is 14.3. The van der Waals surface area contributed by atoms with Crippen LogP contribution in [0, 0.1) is 6.92 Å². The van der Waals surface area contributed by atoms with Crippen LogP contribution in [0.15, 0.2) is 47.3 Å². The summed E-state index contributed by atoms with van der Waals surface area (Å²) < 4.78 is 12.4. The molecule has 0 bridgehead atoms. The number of pyridine rings is 1. The normalized spacial score (nSPS) is 14.0. The van der Waals surface area contributed by atoms with Crippen molar-refractivity contribution in [3.05, 3.63) is 69.8 Å². The topological polar surface area (TPSA) is 57.3 Å². The fourth-order valence-electron chi connectivity index (χ4n) is 3.23. The van der Waals surface area contributed by atoms with Crippen LogP contribution in [-0.4, -0.2) is 23.2 Å². The minimum absolute atomic E-state index is 0.0334. The number of quaternary nitrogens is 1. The Balaban J connectivity index is 1.54. The number of ether oxygens (including phenoxy) is 2. The Hall–Kier alpha value is -2.86. The van der Waals surface area contributed by atoms with Gasteiger partial charge in [-0.2, -0.15) is 0 Å². The Bertz CT molecular complexity index is 997. The second-order valence-corrected chi connectivity index (χ2v) is 6.44. The van der Waals surface area contributed by atoms with E-state index in [4.69, 9.17) is 9.47 Å². The van der Waals surface area contributed by atoms with E-state index < -0.39 is 0 Å². The van der Waals surface area contributed by atoms with E-state index in [1.54, 1.807) is 10.5 Å². The van der Waals surface area contributed by atoms with Gasteiger partial charge in [0.1, 0.15) is 24.4 Å². The van der Waals surface area contributed by atoms with E-state index in [-0.39, 0.29) is 12.4 Å². The molecular formula is C19H20N3O3+. The van der Waals surface area contributed by atoms with Gasteiger partial charge in [0.2, 0.25) is 6.79 Å². The molecule has 0 fully saturated rings. The van der Waals surface area contributed by atoms with Crippen molar-refractivity contribution in [1.29, 1.82) is 0 Å². The molecule has 1 N–H and O–H groups in total. The first-order chi connectivity index (χ1) is 12.1. The van der Waals surface area contributed by atoms with Crippen LogP contribution in [-0.2, 0) is 13.1 Å². The number of benzene rings is 1. The van der Waals surface area contributed by atoms with Crippen molar-refractivity contribution in [2.24, 2.45) is 0 Å². The predicted molar refractivity (Wildman–Crippen MR) is 93.1 cm³/mol. The number of rotatable bonds is 4. The Kier molecular flexibility index (Phi) is 3.89. The maximum Gasteiger partial charge on any atom is 0.258 e. The van der Waals surface area contributed by atoms with Crippen LogP contribution < -0.4 is 19.9 Å². The lowest BCUT2D eigenvalue weighted by molar-refractivity contribution is -0.908. The van der Waals surface area contributed by atoms with Crippen molar-refractivity contribution in [3.63, 3.8) is 0 Å². The highest BCUT2D eigenvalue weighted by atomic mass is 16.7. The molecule has 0 radical (unpaired) electrons. The highest BCUT2D eigenvalue weighted by Gasteiger charge is 2.15. The largest absolute Gasteiger partial charge is 0.454 e. The minimum atomic E-state index is -0.0334. The molecule has 3 aromatic rings. The molecule has 2 aromatic heterocycles. The average molecular weight is 338 g/mol. The summed E-state index contributed by atoms with van der Waals surface area (Å²) in [6.07, 6.45) is 0. The number of nitrogens with one attached hydrogen (secondary N) is 1. The molecule has 6 heteroatoms. The van der Waals surface area contributed by atoms with Gasteiger partial charge < -0.3 is 14.4 Å². The Morgan fingerprint density at radius 1 is 1.12 bits per heavy atom. The summed E-state index contributed by atoms with van der Waals surface area (Å²) in [5.41, 5.74) is 3.51. The summed E-state index contributed by atoms with van der Waals surface area (Å²) in [4.78, 5) is 18.2. The van der Waals surface area contributed by atoms with Crippen LogP contribution in [0.3, 0.4) is 0 Å². The molecule has 0 spiro atoms. The first-order valence-corrected chi connectivity index (χ1v) is 8.28. The highest BCUT2D eigenvalue weighted by molar-refractivity contribution is 5.44. The van der Waals surface area contributed by atoms with Gasteiger partial charge in [0, 0.05) is 17.3 Å². The van der Waals surface area contributed by atoms with E-state index in [2.05, 4.69) is 12.0 Å². The first kappa shape index (κ1) is 15.7. The summed E-state index contributed by atoms with van der Waals surface area (Å²) in [7, 11) is 2.09. The summed E-state index contributed by atoms with van der Waals surface area (Å²) in [6.45, 7) is 3.68. The quantitative estimate of drug-likeness (QED) is 0.769. The van der Waals surface area contributed by atoms with Gasteiger partial charge in [-0.3, -0.25) is 9.20 Å². The van der Waals surface area contributed by atoms with Crippen LogP contribution in [0.2, 0.25) is 0 Å². The molecule has 1 aliphatic heterocycles. The predicted octanol–water partition coefficient (Wildman–Crippen LogP) is 0.947. The molecule has 6 nitrogen and oxygen atoms in total. The minimum Gasteiger partial charge on any atom is -0.454 e. The van der Waals surface area contributed by atoms with E-state index in [9.17, 15) is 4.79 Å². The molecule has 4 rings (SSSR count). The molecule has 1 aliphatic rings. The Morgan fingerprint density at radius 2 is 1.96 bits per heavy atom. The van der Waals surface area contributed by atoms with E-state index >= 15 is 0 Å². The van der Waals surface area contributed by atoms with E-state index in [0.29, 0.717) is 12.2 Å². The second-order valence-electron chi connectivity index (χ2n) is 6.44. The van der Waals surface area contributed by atoms with Crippen molar-refractivity contribution in [2.45, 2.75) is 20.0 Å². The molecule has 0 amide bonds. The van der Waals surface area contributed by atoms with Crippen molar-refractivity contribution in [2.75, 3.05) is 13.8 Å². The van der Waals surface area contributed by atoms with Crippen molar-refractivity contribution in [1.82, 2.24) is 9.38 Å². The molecule has 128 valence electrons. The van der Waals surface area contributed by atoms with Crippen LogP contribution in [0.25, 0.3) is 5.65 Å². The third kappa shape index (κ3) is 3.08. The van der Waals surface area contributed by atoms with Crippen molar-refractivity contribution >= 4 is 5.65 Å². The molecule has 0 saturated carbocycles. The van der Waals surface area contributed by atoms with Gasteiger partial charge >= 0.3 is 0 Å². The van der Waals surface area contributed by atoms with Crippen molar-refractivity contribution in [3.8, 4) is 11.5 Å². The third-order valence-corrected chi connectivity index (χ3v) is 4.36. The van der Waals surface area contributed by atoms with Crippen LogP contribution in [0.5, 0.6) is 11.5 Å². The van der Waals surface area contributed by atoms with E-state index in [0.717, 1.165) is 35.0 Å². The van der Waals surface area contributed by atoms with E-state index in [1.165, 1.54) is 4.90 Å². The number of hydrogen-bond acceptors (Lipinski definition) is 4. The second kappa shape index (κ2) is 6.22. The molecular weight excluding hydrogens is 318 g/mol. The number of hydrogen-bond donors (Lipinski definition) is 1. The lowest BCUT2D eigenvalue weighted by Gasteiger charge is -2.14. The van der Waals surface area contributed by atoms with Gasteiger partial charge in [0.05, 0.1) is 7.05 Å². The monoisotopic (exact) mass is 338 g/mol. The summed E-state index contributed by atoms with van der Waals surface area (Å²) in [6, 6.07) is 13.3. The molecule has 1 atom stereocenters. The maximum absolute atomic E-state index is 12.4. The average Bonchev–Trinajstić information content (AvgIpc) is 3.02.